The zero-order valence-corrected chi connectivity index (χ0v) is 13.3. The van der Waals surface area contributed by atoms with Gasteiger partial charge in [-0.15, -0.1) is 0 Å². The zero-order valence-electron chi connectivity index (χ0n) is 13.3. The van der Waals surface area contributed by atoms with E-state index in [0.717, 1.165) is 32.6 Å². The number of hydrogen-bond acceptors (Lipinski definition) is 4. The standard InChI is InChI=1S/C19H22N4/c20-13-18-7-4-10-21-19(18)22-14-17-9-12-23(15-17)11-8-16-5-2-1-3-6-16/h1-7,10,17H,8-9,11-12,14-15H2,(H,21,22)/t17-/m1/s1. The lowest BCUT2D eigenvalue weighted by atomic mass is 10.1. The lowest BCUT2D eigenvalue weighted by Crippen LogP contribution is -2.25. The van der Waals surface area contributed by atoms with E-state index >= 15 is 0 Å². The van der Waals surface area contributed by atoms with Gasteiger partial charge in [-0.2, -0.15) is 5.26 Å². The lowest BCUT2D eigenvalue weighted by Gasteiger charge is -2.16. The van der Waals surface area contributed by atoms with Crippen molar-refractivity contribution in [1.82, 2.24) is 9.88 Å². The second-order valence-electron chi connectivity index (χ2n) is 6.08. The van der Waals surface area contributed by atoms with Gasteiger partial charge in [-0.3, -0.25) is 0 Å². The van der Waals surface area contributed by atoms with Crippen molar-refractivity contribution in [2.75, 3.05) is 31.5 Å². The van der Waals surface area contributed by atoms with E-state index in [4.69, 9.17) is 5.26 Å². The van der Waals surface area contributed by atoms with Gasteiger partial charge in [0.15, 0.2) is 0 Å². The first-order chi connectivity index (χ1) is 11.3. The Labute approximate surface area is 137 Å². The average Bonchev–Trinajstić information content (AvgIpc) is 3.07. The van der Waals surface area contributed by atoms with Crippen LogP contribution in [0.1, 0.15) is 17.5 Å². The van der Waals surface area contributed by atoms with Gasteiger partial charge in [0.05, 0.1) is 5.56 Å². The topological polar surface area (TPSA) is 52.0 Å². The maximum absolute atomic E-state index is 9.09. The van der Waals surface area contributed by atoms with Crippen LogP contribution in [-0.2, 0) is 6.42 Å². The van der Waals surface area contributed by atoms with Crippen LogP contribution in [-0.4, -0.2) is 36.1 Å². The molecule has 23 heavy (non-hydrogen) atoms. The quantitative estimate of drug-likeness (QED) is 0.891. The Morgan fingerprint density at radius 3 is 2.91 bits per heavy atom. The Kier molecular flexibility index (Phi) is 5.23. The number of nitrogens with zero attached hydrogens (tertiary/aromatic N) is 3. The molecule has 1 aliphatic heterocycles. The third-order valence-corrected chi connectivity index (χ3v) is 4.42. The molecule has 118 valence electrons. The molecule has 1 aromatic carbocycles. The highest BCUT2D eigenvalue weighted by molar-refractivity contribution is 5.51. The summed E-state index contributed by atoms with van der Waals surface area (Å²) in [4.78, 5) is 6.79. The molecule has 1 N–H and O–H groups in total. The highest BCUT2D eigenvalue weighted by atomic mass is 15.1. The molecule has 0 amide bonds. The summed E-state index contributed by atoms with van der Waals surface area (Å²) in [7, 11) is 0. The number of rotatable bonds is 6. The number of hydrogen-bond donors (Lipinski definition) is 1. The molecule has 0 spiro atoms. The number of benzene rings is 1. The predicted octanol–water partition coefficient (Wildman–Crippen LogP) is 2.93. The van der Waals surface area contributed by atoms with Crippen molar-refractivity contribution in [2.45, 2.75) is 12.8 Å². The summed E-state index contributed by atoms with van der Waals surface area (Å²) in [6.45, 7) is 4.28. The fourth-order valence-corrected chi connectivity index (χ4v) is 3.09. The monoisotopic (exact) mass is 306 g/mol. The molecule has 1 aliphatic rings. The Bertz CT molecular complexity index is 663. The average molecular weight is 306 g/mol. The summed E-state index contributed by atoms with van der Waals surface area (Å²) in [6, 6.07) is 16.4. The van der Waals surface area contributed by atoms with Crippen LogP contribution >= 0.6 is 0 Å². The van der Waals surface area contributed by atoms with Gasteiger partial charge in [-0.1, -0.05) is 30.3 Å². The third kappa shape index (κ3) is 4.30. The van der Waals surface area contributed by atoms with E-state index in [9.17, 15) is 0 Å². The molecule has 0 bridgehead atoms. The van der Waals surface area contributed by atoms with E-state index < -0.39 is 0 Å². The first kappa shape index (κ1) is 15.5. The molecule has 4 nitrogen and oxygen atoms in total. The van der Waals surface area contributed by atoms with Crippen LogP contribution in [0.4, 0.5) is 5.82 Å². The summed E-state index contributed by atoms with van der Waals surface area (Å²) in [5.41, 5.74) is 2.02. The first-order valence-corrected chi connectivity index (χ1v) is 8.20. The summed E-state index contributed by atoms with van der Waals surface area (Å²) in [5, 5.41) is 12.4. The second-order valence-corrected chi connectivity index (χ2v) is 6.08. The molecule has 1 aromatic heterocycles. The van der Waals surface area contributed by atoms with E-state index in [1.54, 1.807) is 18.3 Å². The molecule has 1 fully saturated rings. The molecular weight excluding hydrogens is 284 g/mol. The number of aromatic nitrogens is 1. The minimum Gasteiger partial charge on any atom is -0.369 e. The van der Waals surface area contributed by atoms with Crippen LogP contribution in [0.15, 0.2) is 48.7 Å². The highest BCUT2D eigenvalue weighted by Gasteiger charge is 2.22. The summed E-state index contributed by atoms with van der Waals surface area (Å²) >= 11 is 0. The van der Waals surface area contributed by atoms with Gasteiger partial charge in [-0.25, -0.2) is 4.98 Å². The van der Waals surface area contributed by atoms with Crippen LogP contribution in [0.3, 0.4) is 0 Å². The van der Waals surface area contributed by atoms with E-state index in [0.29, 0.717) is 17.3 Å². The van der Waals surface area contributed by atoms with Crippen LogP contribution in [0.2, 0.25) is 0 Å². The summed E-state index contributed by atoms with van der Waals surface area (Å²) < 4.78 is 0. The number of anilines is 1. The van der Waals surface area contributed by atoms with Gasteiger partial charge in [0.25, 0.3) is 0 Å². The van der Waals surface area contributed by atoms with Gasteiger partial charge >= 0.3 is 0 Å². The van der Waals surface area contributed by atoms with Gasteiger partial charge in [0, 0.05) is 25.8 Å². The molecular formula is C19H22N4. The van der Waals surface area contributed by atoms with Crippen molar-refractivity contribution in [2.24, 2.45) is 5.92 Å². The molecule has 0 unspecified atom stereocenters. The molecule has 0 aliphatic carbocycles. The van der Waals surface area contributed by atoms with Crippen molar-refractivity contribution in [3.8, 4) is 6.07 Å². The molecule has 3 rings (SSSR count). The van der Waals surface area contributed by atoms with Gasteiger partial charge in [0.1, 0.15) is 11.9 Å². The third-order valence-electron chi connectivity index (χ3n) is 4.42. The zero-order chi connectivity index (χ0) is 15.9. The number of likely N-dealkylation sites (tertiary alicyclic amines) is 1. The molecule has 2 heterocycles. The molecule has 0 saturated carbocycles. The Balaban J connectivity index is 1.44. The second kappa shape index (κ2) is 7.75. The van der Waals surface area contributed by atoms with Crippen molar-refractivity contribution >= 4 is 5.82 Å². The van der Waals surface area contributed by atoms with Gasteiger partial charge in [0.2, 0.25) is 0 Å². The molecule has 1 saturated heterocycles. The highest BCUT2D eigenvalue weighted by Crippen LogP contribution is 2.18. The fourth-order valence-electron chi connectivity index (χ4n) is 3.09. The molecule has 4 heteroatoms. The normalized spacial score (nSPS) is 17.8. The van der Waals surface area contributed by atoms with Crippen LogP contribution in [0, 0.1) is 17.2 Å². The van der Waals surface area contributed by atoms with E-state index in [1.165, 1.54) is 12.0 Å². The Hall–Kier alpha value is -2.38. The summed E-state index contributed by atoms with van der Waals surface area (Å²) in [5.74, 6) is 1.33. The lowest BCUT2D eigenvalue weighted by molar-refractivity contribution is 0.330. The van der Waals surface area contributed by atoms with Crippen molar-refractivity contribution in [3.63, 3.8) is 0 Å². The number of nitriles is 1. The van der Waals surface area contributed by atoms with Crippen LogP contribution < -0.4 is 5.32 Å². The van der Waals surface area contributed by atoms with Crippen molar-refractivity contribution < 1.29 is 0 Å². The first-order valence-electron chi connectivity index (χ1n) is 8.20. The molecule has 1 atom stereocenters. The van der Waals surface area contributed by atoms with Crippen molar-refractivity contribution in [1.29, 1.82) is 5.26 Å². The van der Waals surface area contributed by atoms with Gasteiger partial charge < -0.3 is 10.2 Å². The Morgan fingerprint density at radius 1 is 1.22 bits per heavy atom. The van der Waals surface area contributed by atoms with Crippen molar-refractivity contribution in [3.05, 3.63) is 59.8 Å². The molecule has 0 radical (unpaired) electrons. The van der Waals surface area contributed by atoms with Crippen LogP contribution in [0.5, 0.6) is 0 Å². The van der Waals surface area contributed by atoms with E-state index in [1.807, 2.05) is 0 Å². The summed E-state index contributed by atoms with van der Waals surface area (Å²) in [6.07, 6.45) is 4.04. The number of nitrogens with one attached hydrogen (secondary N) is 1. The van der Waals surface area contributed by atoms with E-state index in [-0.39, 0.29) is 0 Å². The van der Waals surface area contributed by atoms with Gasteiger partial charge in [-0.05, 0) is 43.0 Å². The smallest absolute Gasteiger partial charge is 0.143 e. The minimum absolute atomic E-state index is 0.617. The number of pyridine rings is 1. The fraction of sp³-hybridized carbons (Fsp3) is 0.368. The maximum atomic E-state index is 9.09. The van der Waals surface area contributed by atoms with E-state index in [2.05, 4.69) is 51.6 Å². The Morgan fingerprint density at radius 2 is 2.09 bits per heavy atom. The van der Waals surface area contributed by atoms with Crippen LogP contribution in [0.25, 0.3) is 0 Å². The SMILES string of the molecule is N#Cc1cccnc1NC[C@H]1CCN(CCc2ccccc2)C1. The molecule has 2 aromatic rings. The largest absolute Gasteiger partial charge is 0.369 e. The maximum Gasteiger partial charge on any atom is 0.143 e. The minimum atomic E-state index is 0.617. The predicted molar refractivity (Wildman–Crippen MR) is 92.1 cm³/mol.